The molecule has 0 aromatic heterocycles. The molecule has 0 aromatic rings. The fraction of sp³-hybridized carbons (Fsp3) is 1.00. The summed E-state index contributed by atoms with van der Waals surface area (Å²) in [6.07, 6.45) is 7.44. The van der Waals surface area contributed by atoms with E-state index in [4.69, 9.17) is 11.8 Å². The van der Waals surface area contributed by atoms with Crippen molar-refractivity contribution in [2.45, 2.75) is 39.5 Å². The van der Waals surface area contributed by atoms with E-state index in [1.165, 1.54) is 38.0 Å². The van der Waals surface area contributed by atoms with Gasteiger partial charge >= 0.3 is 0 Å². The largest absolute Gasteiger partial charge is 0.187 e. The third-order valence-corrected chi connectivity index (χ3v) is 6.05. The van der Waals surface area contributed by atoms with Crippen molar-refractivity contribution in [1.29, 1.82) is 0 Å². The molecule has 74 valence electrons. The van der Waals surface area contributed by atoms with Gasteiger partial charge in [0.05, 0.1) is 0 Å². The first-order chi connectivity index (χ1) is 5.12. The second-order valence-corrected chi connectivity index (χ2v) is 10.8. The molecular weight excluding hydrogens is 218 g/mol. The van der Waals surface area contributed by atoms with Gasteiger partial charge in [-0.1, -0.05) is 38.5 Å². The van der Waals surface area contributed by atoms with Gasteiger partial charge < -0.3 is 0 Å². The average Bonchev–Trinajstić information content (AvgIpc) is 1.97. The fourth-order valence-corrected chi connectivity index (χ4v) is 4.39. The van der Waals surface area contributed by atoms with Crippen molar-refractivity contribution in [2.75, 3.05) is 12.3 Å². The van der Waals surface area contributed by atoms with Gasteiger partial charge in [-0.05, 0) is 25.2 Å². The molecule has 0 heterocycles. The lowest BCUT2D eigenvalue weighted by Gasteiger charge is -2.13. The summed E-state index contributed by atoms with van der Waals surface area (Å²) < 4.78 is 0. The van der Waals surface area contributed by atoms with E-state index >= 15 is 0 Å². The van der Waals surface area contributed by atoms with Gasteiger partial charge in [-0.2, -0.15) is 0 Å². The first-order valence-corrected chi connectivity index (χ1v) is 8.75. The van der Waals surface area contributed by atoms with Crippen LogP contribution in [0, 0.1) is 0 Å². The summed E-state index contributed by atoms with van der Waals surface area (Å²) >= 11 is 10.0. The van der Waals surface area contributed by atoms with Crippen molar-refractivity contribution in [2.24, 2.45) is 0 Å². The third kappa shape index (κ3) is 9.62. The van der Waals surface area contributed by atoms with Crippen molar-refractivity contribution < 1.29 is 0 Å². The van der Waals surface area contributed by atoms with Gasteiger partial charge in [0.25, 0.3) is 0 Å². The second-order valence-electron chi connectivity index (χ2n) is 3.00. The zero-order valence-electron chi connectivity index (χ0n) is 7.55. The van der Waals surface area contributed by atoms with Crippen molar-refractivity contribution in [3.05, 3.63) is 0 Å². The molecule has 0 amide bonds. The van der Waals surface area contributed by atoms with E-state index in [2.05, 4.69) is 26.1 Å². The Bertz CT molecular complexity index is 127. The Morgan fingerprint density at radius 1 is 1.08 bits per heavy atom. The van der Waals surface area contributed by atoms with Crippen molar-refractivity contribution in [1.82, 2.24) is 0 Å². The minimum atomic E-state index is -1.20. The molecule has 0 N–H and O–H groups in total. The van der Waals surface area contributed by atoms with E-state index in [1.54, 1.807) is 0 Å². The maximum absolute atomic E-state index is 5.45. The van der Waals surface area contributed by atoms with Crippen molar-refractivity contribution in [3.63, 3.8) is 0 Å². The molecule has 0 unspecified atom stereocenters. The molecule has 4 heteroatoms. The second kappa shape index (κ2) is 9.10. The van der Waals surface area contributed by atoms with Crippen LogP contribution in [0.1, 0.15) is 39.5 Å². The normalized spacial score (nSPS) is 10.9. The van der Waals surface area contributed by atoms with Gasteiger partial charge in [-0.3, -0.25) is 0 Å². The quantitative estimate of drug-likeness (QED) is 0.423. The Kier molecular flexibility index (Phi) is 12.1. The van der Waals surface area contributed by atoms with Crippen LogP contribution in [0.2, 0.25) is 0 Å². The molecule has 0 nitrogen and oxygen atoms in total. The summed E-state index contributed by atoms with van der Waals surface area (Å²) in [7, 11) is 0. The molecule has 0 fully saturated rings. The maximum atomic E-state index is 5.45. The van der Waals surface area contributed by atoms with Gasteiger partial charge in [0.15, 0.2) is 17.4 Å². The maximum Gasteiger partial charge on any atom is 0.187 e. The van der Waals surface area contributed by atoms with Crippen LogP contribution in [-0.4, -0.2) is 29.7 Å². The standard InChI is InChI=1S/C8H19PS2.Al.3H/c1-3-5-7-9(10,11)8-6-4-2;;;;/h3-8H2,1-2H3,(H,10,11);;;;. The Balaban J connectivity index is 0. The topological polar surface area (TPSA) is 0 Å². The van der Waals surface area contributed by atoms with E-state index < -0.39 is 5.24 Å². The highest BCUT2D eigenvalue weighted by Crippen LogP contribution is 2.52. The molecule has 0 aliphatic heterocycles. The highest BCUT2D eigenvalue weighted by atomic mass is 32.9. The summed E-state index contributed by atoms with van der Waals surface area (Å²) in [5.41, 5.74) is 0. The summed E-state index contributed by atoms with van der Waals surface area (Å²) in [6, 6.07) is 0. The Hall–Kier alpha value is 1.53. The minimum absolute atomic E-state index is 0. The van der Waals surface area contributed by atoms with Crippen LogP contribution in [0.3, 0.4) is 0 Å². The van der Waals surface area contributed by atoms with Crippen molar-refractivity contribution in [3.8, 4) is 0 Å². The van der Waals surface area contributed by atoms with E-state index in [9.17, 15) is 0 Å². The number of hydrogen-bond donors (Lipinski definition) is 1. The molecule has 0 atom stereocenters. The molecule has 0 saturated carbocycles. The van der Waals surface area contributed by atoms with Gasteiger partial charge in [-0.25, -0.2) is 0 Å². The van der Waals surface area contributed by atoms with E-state index in [0.29, 0.717) is 0 Å². The molecule has 12 heavy (non-hydrogen) atoms. The Labute approximate surface area is 98.2 Å². The lowest BCUT2D eigenvalue weighted by molar-refractivity contribution is 0.872. The van der Waals surface area contributed by atoms with Crippen LogP contribution in [0.4, 0.5) is 0 Å². The molecule has 0 saturated heterocycles. The summed E-state index contributed by atoms with van der Waals surface area (Å²) in [6.45, 7) is 4.42. The summed E-state index contributed by atoms with van der Waals surface area (Å²) in [5.74, 6) is 0. The molecule has 0 radical (unpaired) electrons. The number of thiol groups is 1. The number of rotatable bonds is 6. The molecular formula is C8H22AlPS2. The molecule has 0 aliphatic carbocycles. The van der Waals surface area contributed by atoms with Gasteiger partial charge in [-0.15, -0.1) is 12.2 Å². The fourth-order valence-electron chi connectivity index (χ4n) is 0.922. The highest BCUT2D eigenvalue weighted by Gasteiger charge is 2.08. The van der Waals surface area contributed by atoms with Crippen LogP contribution in [0.5, 0.6) is 0 Å². The summed E-state index contributed by atoms with van der Waals surface area (Å²) in [4.78, 5) is 0. The summed E-state index contributed by atoms with van der Waals surface area (Å²) in [5, 5.41) is -1.20. The lowest BCUT2D eigenvalue weighted by Crippen LogP contribution is -1.89. The molecule has 0 bridgehead atoms. The number of hydrogen-bond acceptors (Lipinski definition) is 1. The molecule has 0 rings (SSSR count). The zero-order chi connectivity index (χ0) is 8.74. The van der Waals surface area contributed by atoms with Crippen molar-refractivity contribution >= 4 is 46.7 Å². The smallest absolute Gasteiger partial charge is 0.141 e. The Morgan fingerprint density at radius 3 is 1.67 bits per heavy atom. The highest BCUT2D eigenvalue weighted by molar-refractivity contribution is 8.63. The first kappa shape index (κ1) is 16.0. The van der Waals surface area contributed by atoms with Gasteiger partial charge in [0.1, 0.15) is 0 Å². The van der Waals surface area contributed by atoms with E-state index in [0.717, 1.165) is 0 Å². The monoisotopic (exact) mass is 240 g/mol. The first-order valence-electron chi connectivity index (χ1n) is 4.43. The van der Waals surface area contributed by atoms with Crippen LogP contribution >= 0.6 is 17.5 Å². The van der Waals surface area contributed by atoms with Gasteiger partial charge in [0, 0.05) is 5.24 Å². The van der Waals surface area contributed by atoms with Gasteiger partial charge in [0.2, 0.25) is 0 Å². The predicted molar refractivity (Wildman–Crippen MR) is 72.8 cm³/mol. The SMILES string of the molecule is CCCCP(=S)(S)CCCC.[AlH3]. The number of unbranched alkanes of at least 4 members (excludes halogenated alkanes) is 2. The molecule has 0 aliphatic rings. The molecule has 0 aromatic carbocycles. The molecule has 0 spiro atoms. The predicted octanol–water partition coefficient (Wildman–Crippen LogP) is 2.73. The zero-order valence-corrected chi connectivity index (χ0v) is 10.2. The van der Waals surface area contributed by atoms with Crippen LogP contribution in [0.25, 0.3) is 0 Å². The van der Waals surface area contributed by atoms with Crippen LogP contribution in [0.15, 0.2) is 0 Å². The minimum Gasteiger partial charge on any atom is -0.141 e. The van der Waals surface area contributed by atoms with Crippen LogP contribution < -0.4 is 0 Å². The third-order valence-electron chi connectivity index (χ3n) is 1.72. The Morgan fingerprint density at radius 2 is 1.42 bits per heavy atom. The lowest BCUT2D eigenvalue weighted by atomic mass is 10.4. The average molecular weight is 240 g/mol. The van der Waals surface area contributed by atoms with E-state index in [1.807, 2.05) is 0 Å². The van der Waals surface area contributed by atoms with Crippen LogP contribution in [-0.2, 0) is 11.8 Å². The van der Waals surface area contributed by atoms with E-state index in [-0.39, 0.29) is 17.4 Å².